The van der Waals surface area contributed by atoms with E-state index in [2.05, 4.69) is 0 Å². The Hall–Kier alpha value is -0.910. The zero-order valence-corrected chi connectivity index (χ0v) is 8.62. The lowest BCUT2D eigenvalue weighted by Gasteiger charge is -2.14. The van der Waals surface area contributed by atoms with Gasteiger partial charge in [-0.15, -0.1) is 11.3 Å². The first-order chi connectivity index (χ1) is 6.50. The zero-order valence-electron chi connectivity index (χ0n) is 7.80. The fraction of sp³-hybridized carbons (Fsp3) is 0.444. The molecule has 0 fully saturated rings. The third-order valence-corrected chi connectivity index (χ3v) is 2.90. The van der Waals surface area contributed by atoms with Crippen LogP contribution in [0.15, 0.2) is 12.1 Å². The van der Waals surface area contributed by atoms with Crippen molar-refractivity contribution in [2.24, 2.45) is 5.73 Å². The van der Waals surface area contributed by atoms with Crippen molar-refractivity contribution in [2.75, 3.05) is 0 Å². The Balaban J connectivity index is 2.65. The molecule has 0 aliphatic rings. The second kappa shape index (κ2) is 4.54. The standard InChI is InChI=1S/C9H13NO3S/c1-5-2-3-7(14-5)9(13)6(11)4-8(10)12/h2-3,6,9,11,13H,4H2,1H3,(H2,10,12). The second-order valence-electron chi connectivity index (χ2n) is 3.13. The number of amides is 1. The molecule has 0 bridgehead atoms. The Kier molecular flexibility index (Phi) is 3.62. The molecule has 4 nitrogen and oxygen atoms in total. The summed E-state index contributed by atoms with van der Waals surface area (Å²) in [6, 6.07) is 3.58. The van der Waals surface area contributed by atoms with Gasteiger partial charge < -0.3 is 15.9 Å². The van der Waals surface area contributed by atoms with Gasteiger partial charge in [0, 0.05) is 9.75 Å². The van der Waals surface area contributed by atoms with Gasteiger partial charge in [0.2, 0.25) is 5.91 Å². The average molecular weight is 215 g/mol. The van der Waals surface area contributed by atoms with E-state index in [-0.39, 0.29) is 6.42 Å². The van der Waals surface area contributed by atoms with E-state index >= 15 is 0 Å². The lowest BCUT2D eigenvalue weighted by molar-refractivity contribution is -0.121. The van der Waals surface area contributed by atoms with Crippen molar-refractivity contribution in [1.29, 1.82) is 0 Å². The Bertz CT molecular complexity index is 324. The Morgan fingerprint density at radius 2 is 2.21 bits per heavy atom. The van der Waals surface area contributed by atoms with Crippen LogP contribution < -0.4 is 5.73 Å². The van der Waals surface area contributed by atoms with E-state index in [1.807, 2.05) is 13.0 Å². The van der Waals surface area contributed by atoms with E-state index in [4.69, 9.17) is 5.73 Å². The number of carbonyl (C=O) groups excluding carboxylic acids is 1. The maximum absolute atomic E-state index is 10.5. The van der Waals surface area contributed by atoms with Crippen molar-refractivity contribution in [2.45, 2.75) is 25.6 Å². The largest absolute Gasteiger partial charge is 0.389 e. The third-order valence-electron chi connectivity index (χ3n) is 1.83. The molecule has 2 atom stereocenters. The first kappa shape index (κ1) is 11.2. The molecule has 1 aromatic rings. The van der Waals surface area contributed by atoms with Crippen LogP contribution in [0.1, 0.15) is 22.3 Å². The van der Waals surface area contributed by atoms with Gasteiger partial charge in [0.25, 0.3) is 0 Å². The molecule has 0 saturated carbocycles. The van der Waals surface area contributed by atoms with Gasteiger partial charge in [-0.3, -0.25) is 4.79 Å². The first-order valence-corrected chi connectivity index (χ1v) is 5.03. The molecule has 5 heteroatoms. The van der Waals surface area contributed by atoms with Crippen molar-refractivity contribution >= 4 is 17.2 Å². The van der Waals surface area contributed by atoms with Crippen molar-refractivity contribution in [3.63, 3.8) is 0 Å². The highest BCUT2D eigenvalue weighted by atomic mass is 32.1. The Morgan fingerprint density at radius 1 is 1.57 bits per heavy atom. The van der Waals surface area contributed by atoms with Gasteiger partial charge in [-0.25, -0.2) is 0 Å². The monoisotopic (exact) mass is 215 g/mol. The summed E-state index contributed by atoms with van der Waals surface area (Å²) >= 11 is 1.39. The normalized spacial score (nSPS) is 15.1. The SMILES string of the molecule is Cc1ccc(C(O)C(O)CC(N)=O)s1. The van der Waals surface area contributed by atoms with Crippen LogP contribution >= 0.6 is 11.3 Å². The summed E-state index contributed by atoms with van der Waals surface area (Å²) in [6.45, 7) is 1.90. The average Bonchev–Trinajstić information content (AvgIpc) is 2.49. The lowest BCUT2D eigenvalue weighted by atomic mass is 10.1. The van der Waals surface area contributed by atoms with E-state index in [9.17, 15) is 15.0 Å². The molecule has 1 heterocycles. The molecule has 1 rings (SSSR count). The van der Waals surface area contributed by atoms with E-state index in [0.29, 0.717) is 4.88 Å². The number of aliphatic hydroxyl groups excluding tert-OH is 2. The van der Waals surface area contributed by atoms with Gasteiger partial charge in [0.1, 0.15) is 6.10 Å². The van der Waals surface area contributed by atoms with E-state index in [0.717, 1.165) is 4.88 Å². The minimum Gasteiger partial charge on any atom is -0.389 e. The van der Waals surface area contributed by atoms with Gasteiger partial charge in [-0.1, -0.05) is 0 Å². The summed E-state index contributed by atoms with van der Waals surface area (Å²) in [5, 5.41) is 19.0. The van der Waals surface area contributed by atoms with Crippen molar-refractivity contribution < 1.29 is 15.0 Å². The highest BCUT2D eigenvalue weighted by Gasteiger charge is 2.21. The summed E-state index contributed by atoms with van der Waals surface area (Å²) in [6.07, 6.45) is -2.37. The summed E-state index contributed by atoms with van der Waals surface area (Å²) < 4.78 is 0. The van der Waals surface area contributed by atoms with E-state index in [1.54, 1.807) is 6.07 Å². The minimum absolute atomic E-state index is 0.224. The van der Waals surface area contributed by atoms with Crippen molar-refractivity contribution in [3.05, 3.63) is 21.9 Å². The molecule has 0 aliphatic carbocycles. The van der Waals surface area contributed by atoms with Crippen molar-refractivity contribution in [3.8, 4) is 0 Å². The molecule has 0 radical (unpaired) electrons. The number of hydrogen-bond acceptors (Lipinski definition) is 4. The van der Waals surface area contributed by atoms with Crippen LogP contribution in [-0.4, -0.2) is 22.2 Å². The maximum atomic E-state index is 10.5. The smallest absolute Gasteiger partial charge is 0.220 e. The molecule has 14 heavy (non-hydrogen) atoms. The number of aliphatic hydroxyl groups is 2. The molecular formula is C9H13NO3S. The minimum atomic E-state index is -1.12. The predicted octanol–water partition coefficient (Wildman–Crippen LogP) is 0.326. The number of nitrogens with two attached hydrogens (primary N) is 1. The summed E-state index contributed by atoms with van der Waals surface area (Å²) in [5.74, 6) is -0.621. The van der Waals surface area contributed by atoms with Gasteiger partial charge in [0.05, 0.1) is 12.5 Å². The summed E-state index contributed by atoms with van der Waals surface area (Å²) in [4.78, 5) is 12.2. The molecule has 1 aromatic heterocycles. The number of primary amides is 1. The highest BCUT2D eigenvalue weighted by Crippen LogP contribution is 2.25. The van der Waals surface area contributed by atoms with Crippen LogP contribution in [0.25, 0.3) is 0 Å². The Morgan fingerprint density at radius 3 is 2.64 bits per heavy atom. The summed E-state index contributed by atoms with van der Waals surface area (Å²) in [5.41, 5.74) is 4.91. The van der Waals surface area contributed by atoms with Gasteiger partial charge >= 0.3 is 0 Å². The van der Waals surface area contributed by atoms with E-state index < -0.39 is 18.1 Å². The van der Waals surface area contributed by atoms with Crippen LogP contribution in [0.4, 0.5) is 0 Å². The molecule has 2 unspecified atom stereocenters. The number of hydrogen-bond donors (Lipinski definition) is 3. The van der Waals surface area contributed by atoms with Crippen LogP contribution in [0.5, 0.6) is 0 Å². The Labute approximate surface area is 86.0 Å². The molecule has 0 aliphatic heterocycles. The molecule has 78 valence electrons. The predicted molar refractivity (Wildman–Crippen MR) is 53.8 cm³/mol. The van der Waals surface area contributed by atoms with Crippen LogP contribution in [0.3, 0.4) is 0 Å². The van der Waals surface area contributed by atoms with E-state index in [1.165, 1.54) is 11.3 Å². The van der Waals surface area contributed by atoms with Gasteiger partial charge in [0.15, 0.2) is 0 Å². The fourth-order valence-corrected chi connectivity index (χ4v) is 2.04. The number of thiophene rings is 1. The number of rotatable bonds is 4. The molecule has 4 N–H and O–H groups in total. The lowest BCUT2D eigenvalue weighted by Crippen LogP contribution is -2.25. The van der Waals surface area contributed by atoms with Gasteiger partial charge in [-0.05, 0) is 19.1 Å². The van der Waals surface area contributed by atoms with Crippen LogP contribution in [0, 0.1) is 6.92 Å². The topological polar surface area (TPSA) is 83.6 Å². The van der Waals surface area contributed by atoms with Crippen LogP contribution in [-0.2, 0) is 4.79 Å². The third kappa shape index (κ3) is 2.80. The molecule has 0 spiro atoms. The van der Waals surface area contributed by atoms with Crippen molar-refractivity contribution in [1.82, 2.24) is 0 Å². The summed E-state index contributed by atoms with van der Waals surface area (Å²) in [7, 11) is 0. The van der Waals surface area contributed by atoms with Crippen LogP contribution in [0.2, 0.25) is 0 Å². The zero-order chi connectivity index (χ0) is 10.7. The quantitative estimate of drug-likeness (QED) is 0.676. The fourth-order valence-electron chi connectivity index (χ4n) is 1.12. The second-order valence-corrected chi connectivity index (χ2v) is 4.45. The molecule has 0 saturated heterocycles. The maximum Gasteiger partial charge on any atom is 0.220 e. The highest BCUT2D eigenvalue weighted by molar-refractivity contribution is 7.12. The number of carbonyl (C=O) groups is 1. The molecule has 1 amide bonds. The molecule has 0 aromatic carbocycles. The van der Waals surface area contributed by atoms with Gasteiger partial charge in [-0.2, -0.15) is 0 Å². The first-order valence-electron chi connectivity index (χ1n) is 4.21. The number of aryl methyl sites for hydroxylation is 1. The molecular weight excluding hydrogens is 202 g/mol.